The molecule has 0 aliphatic carbocycles. The molecule has 2 N–H and O–H groups in total. The van der Waals surface area contributed by atoms with Gasteiger partial charge in [0.1, 0.15) is 23.9 Å². The molecule has 1 aromatic heterocycles. The summed E-state index contributed by atoms with van der Waals surface area (Å²) in [4.78, 5) is 11.1. The zero-order valence-electron chi connectivity index (χ0n) is 19.4. The Labute approximate surface area is 203 Å². The molecule has 35 heavy (non-hydrogen) atoms. The molecule has 3 aromatic rings. The minimum absolute atomic E-state index is 0.0129. The first-order valence-corrected chi connectivity index (χ1v) is 12.6. The lowest BCUT2D eigenvalue weighted by molar-refractivity contribution is 0.0696. The van der Waals surface area contributed by atoms with Crippen LogP contribution in [0.15, 0.2) is 58.0 Å². The van der Waals surface area contributed by atoms with Gasteiger partial charge in [-0.25, -0.2) is 4.79 Å². The highest BCUT2D eigenvalue weighted by Gasteiger charge is 2.33. The second-order valence-electron chi connectivity index (χ2n) is 8.51. The average molecular weight is 502 g/mol. The third-order valence-corrected chi connectivity index (χ3v) is 7.34. The number of benzene rings is 2. The minimum Gasteiger partial charge on any atom is -0.493 e. The van der Waals surface area contributed by atoms with Gasteiger partial charge in [0.25, 0.3) is 10.0 Å². The number of nitrogens with zero attached hydrogens (tertiary/aromatic N) is 1. The number of ether oxygens (including phenoxy) is 2. The highest BCUT2D eigenvalue weighted by Crippen LogP contribution is 2.41. The van der Waals surface area contributed by atoms with Crippen LogP contribution in [0.2, 0.25) is 0 Å². The summed E-state index contributed by atoms with van der Waals surface area (Å²) >= 11 is 0. The topological polar surface area (TPSA) is 127 Å². The summed E-state index contributed by atoms with van der Waals surface area (Å²) in [5.41, 5.74) is 2.04. The number of aromatic carboxylic acids is 1. The molecule has 1 atom stereocenters. The molecule has 0 radical (unpaired) electrons. The molecular weight excluding hydrogens is 474 g/mol. The number of sulfonamides is 1. The van der Waals surface area contributed by atoms with Crippen LogP contribution < -0.4 is 13.8 Å². The number of aryl methyl sites for hydroxylation is 1. The number of fused-ring (bicyclic) bond motifs is 1. The number of carboxylic acids is 1. The van der Waals surface area contributed by atoms with E-state index in [1.165, 1.54) is 22.5 Å². The first kappa shape index (κ1) is 24.6. The van der Waals surface area contributed by atoms with Crippen LogP contribution in [0.3, 0.4) is 0 Å². The molecule has 0 fully saturated rings. The van der Waals surface area contributed by atoms with Gasteiger partial charge in [-0.2, -0.15) is 8.42 Å². The van der Waals surface area contributed by atoms with Crippen LogP contribution in [0.5, 0.6) is 11.5 Å². The van der Waals surface area contributed by atoms with Crippen LogP contribution in [0, 0.1) is 12.8 Å². The molecule has 10 heteroatoms. The summed E-state index contributed by atoms with van der Waals surface area (Å²) in [5.74, 6) is -0.0340. The SMILES string of the molecule is Cc1ccc(S(=O)(=O)N(C[C@@H](C)CO)c2cc3c(cc2OCc2ccc(C(=O)O)cc2)CCO3)o1. The minimum atomic E-state index is -4.12. The molecule has 2 heterocycles. The smallest absolute Gasteiger partial charge is 0.335 e. The molecule has 9 nitrogen and oxygen atoms in total. The van der Waals surface area contributed by atoms with Crippen LogP contribution in [0.1, 0.15) is 34.2 Å². The van der Waals surface area contributed by atoms with Gasteiger partial charge in [0.15, 0.2) is 0 Å². The largest absolute Gasteiger partial charge is 0.493 e. The third kappa shape index (κ3) is 5.28. The molecule has 0 saturated heterocycles. The van der Waals surface area contributed by atoms with Crippen molar-refractivity contribution in [2.24, 2.45) is 5.92 Å². The second-order valence-corrected chi connectivity index (χ2v) is 10.3. The number of aliphatic hydroxyl groups is 1. The summed E-state index contributed by atoms with van der Waals surface area (Å²) in [5, 5.41) is 18.6. The molecule has 0 spiro atoms. The molecule has 0 saturated carbocycles. The van der Waals surface area contributed by atoms with Crippen LogP contribution in [0.4, 0.5) is 5.69 Å². The van der Waals surface area contributed by atoms with Crippen molar-refractivity contribution in [2.45, 2.75) is 32.0 Å². The number of rotatable bonds is 10. The first-order chi connectivity index (χ1) is 16.7. The lowest BCUT2D eigenvalue weighted by Gasteiger charge is -2.28. The van der Waals surface area contributed by atoms with Crippen molar-refractivity contribution in [3.63, 3.8) is 0 Å². The van der Waals surface area contributed by atoms with E-state index in [0.29, 0.717) is 30.3 Å². The van der Waals surface area contributed by atoms with E-state index >= 15 is 0 Å². The molecule has 2 aromatic carbocycles. The van der Waals surface area contributed by atoms with Crippen LogP contribution in [0.25, 0.3) is 0 Å². The molecule has 1 aliphatic heterocycles. The summed E-state index contributed by atoms with van der Waals surface area (Å²) in [6.07, 6.45) is 0.663. The Morgan fingerprint density at radius 3 is 2.54 bits per heavy atom. The van der Waals surface area contributed by atoms with Gasteiger partial charge >= 0.3 is 5.97 Å². The normalized spacial score (nSPS) is 13.7. The van der Waals surface area contributed by atoms with Gasteiger partial charge in [0, 0.05) is 31.2 Å². The Hall–Kier alpha value is -3.50. The zero-order valence-corrected chi connectivity index (χ0v) is 20.2. The first-order valence-electron chi connectivity index (χ1n) is 11.1. The summed E-state index contributed by atoms with van der Waals surface area (Å²) in [6, 6.07) is 12.6. The van der Waals surface area contributed by atoms with E-state index < -0.39 is 16.0 Å². The van der Waals surface area contributed by atoms with Crippen molar-refractivity contribution >= 4 is 21.7 Å². The third-order valence-electron chi connectivity index (χ3n) is 5.68. The molecular formula is C25H27NO8S. The van der Waals surface area contributed by atoms with Gasteiger partial charge < -0.3 is 24.1 Å². The van der Waals surface area contributed by atoms with Crippen LogP contribution >= 0.6 is 0 Å². The van der Waals surface area contributed by atoms with Crippen molar-refractivity contribution in [3.05, 3.63) is 71.0 Å². The summed E-state index contributed by atoms with van der Waals surface area (Å²) in [6.45, 7) is 3.75. The van der Waals surface area contributed by atoms with Crippen molar-refractivity contribution in [3.8, 4) is 11.5 Å². The lowest BCUT2D eigenvalue weighted by Crippen LogP contribution is -2.36. The fraction of sp³-hybridized carbons (Fsp3) is 0.320. The molecule has 4 rings (SSSR count). The maximum absolute atomic E-state index is 13.6. The van der Waals surface area contributed by atoms with Gasteiger partial charge in [0.2, 0.25) is 5.09 Å². The maximum Gasteiger partial charge on any atom is 0.335 e. The van der Waals surface area contributed by atoms with Gasteiger partial charge in [-0.05, 0) is 48.7 Å². The van der Waals surface area contributed by atoms with Gasteiger partial charge in [-0.15, -0.1) is 0 Å². The Balaban J connectivity index is 1.74. The highest BCUT2D eigenvalue weighted by molar-refractivity contribution is 7.92. The van der Waals surface area contributed by atoms with E-state index in [9.17, 15) is 18.3 Å². The number of furan rings is 1. The Bertz CT molecular complexity index is 1310. The molecule has 1 aliphatic rings. The van der Waals surface area contributed by atoms with E-state index in [4.69, 9.17) is 19.0 Å². The number of anilines is 1. The van der Waals surface area contributed by atoms with Gasteiger partial charge in [0.05, 0.1) is 17.9 Å². The predicted octanol–water partition coefficient (Wildman–Crippen LogP) is 3.62. The summed E-state index contributed by atoms with van der Waals surface area (Å²) in [7, 11) is -4.12. The number of aliphatic hydroxyl groups excluding tert-OH is 1. The molecule has 186 valence electrons. The van der Waals surface area contributed by atoms with Crippen molar-refractivity contribution < 1.29 is 37.3 Å². The quantitative estimate of drug-likeness (QED) is 0.431. The van der Waals surface area contributed by atoms with E-state index in [-0.39, 0.29) is 42.0 Å². The van der Waals surface area contributed by atoms with Crippen LogP contribution in [-0.2, 0) is 23.1 Å². The lowest BCUT2D eigenvalue weighted by atomic mass is 10.1. The number of carbonyl (C=O) groups is 1. The molecule has 0 bridgehead atoms. The van der Waals surface area contributed by atoms with E-state index in [1.807, 2.05) is 0 Å². The Kier molecular flexibility index (Phi) is 7.04. The van der Waals surface area contributed by atoms with E-state index in [0.717, 1.165) is 11.1 Å². The Morgan fingerprint density at radius 2 is 1.91 bits per heavy atom. The monoisotopic (exact) mass is 501 g/mol. The maximum atomic E-state index is 13.6. The standard InChI is InChI=1S/C25H27NO8S/c1-16(14-27)13-26(35(30,31)24-8-3-17(2)34-24)21-12-22-20(9-10-32-22)11-23(21)33-15-18-4-6-19(7-5-18)25(28)29/h3-8,11-12,16,27H,9-10,13-15H2,1-2H3,(H,28,29)/t16-/m1/s1. The predicted molar refractivity (Wildman–Crippen MR) is 128 cm³/mol. The summed E-state index contributed by atoms with van der Waals surface area (Å²) < 4.78 is 45.6. The molecule has 0 unspecified atom stereocenters. The zero-order chi connectivity index (χ0) is 25.2. The van der Waals surface area contributed by atoms with Crippen molar-refractivity contribution in [1.82, 2.24) is 0 Å². The van der Waals surface area contributed by atoms with Crippen LogP contribution in [-0.4, -0.2) is 44.4 Å². The molecule has 0 amide bonds. The number of hydrogen-bond acceptors (Lipinski definition) is 7. The number of carboxylic acid groups (broad SMARTS) is 1. The van der Waals surface area contributed by atoms with E-state index in [2.05, 4.69) is 0 Å². The Morgan fingerprint density at radius 1 is 1.17 bits per heavy atom. The second kappa shape index (κ2) is 10.0. The fourth-order valence-corrected chi connectivity index (χ4v) is 5.28. The van der Waals surface area contributed by atoms with Crippen molar-refractivity contribution in [1.29, 1.82) is 0 Å². The number of hydrogen-bond donors (Lipinski definition) is 2. The fourth-order valence-electron chi connectivity index (χ4n) is 3.73. The van der Waals surface area contributed by atoms with E-state index in [1.54, 1.807) is 44.2 Å². The van der Waals surface area contributed by atoms with Gasteiger partial charge in [-0.1, -0.05) is 19.1 Å². The van der Waals surface area contributed by atoms with Crippen molar-refractivity contribution in [2.75, 3.05) is 24.1 Å². The average Bonchev–Trinajstić information content (AvgIpc) is 3.49. The van der Waals surface area contributed by atoms with Gasteiger partial charge in [-0.3, -0.25) is 4.31 Å². The highest BCUT2D eigenvalue weighted by atomic mass is 32.2.